The Kier molecular flexibility index (Phi) is 3.89. The predicted molar refractivity (Wildman–Crippen MR) is 65.0 cm³/mol. The number of hydrogen-bond acceptors (Lipinski definition) is 2. The van der Waals surface area contributed by atoms with Crippen molar-refractivity contribution < 1.29 is 13.5 Å². The quantitative estimate of drug-likeness (QED) is 0.904. The smallest absolute Gasteiger partial charge is 0.165 e. The minimum atomic E-state index is -0.418. The average Bonchev–Trinajstić information content (AvgIpc) is 2.39. The average molecular weight is 249 g/mol. The number of rotatable bonds is 4. The molecule has 0 bridgehead atoms. The topological polar surface area (TPSA) is 35.2 Å². The van der Waals surface area contributed by atoms with Gasteiger partial charge in [0, 0.05) is 12.1 Å². The number of ether oxygens (including phenoxy) is 1. The molecule has 0 saturated heterocycles. The van der Waals surface area contributed by atoms with Gasteiger partial charge in [-0.05, 0) is 29.8 Å². The maximum absolute atomic E-state index is 13.3. The monoisotopic (exact) mass is 249 g/mol. The van der Waals surface area contributed by atoms with Crippen LogP contribution in [0.2, 0.25) is 0 Å². The lowest BCUT2D eigenvalue weighted by Gasteiger charge is -2.08. The molecule has 0 heterocycles. The summed E-state index contributed by atoms with van der Waals surface area (Å²) in [5, 5.41) is 0. The van der Waals surface area contributed by atoms with Crippen molar-refractivity contribution in [3.8, 4) is 5.75 Å². The molecule has 0 aromatic heterocycles. The normalized spacial score (nSPS) is 10.4. The molecule has 0 saturated carbocycles. The van der Waals surface area contributed by atoms with E-state index in [0.717, 1.165) is 5.56 Å². The Morgan fingerprint density at radius 1 is 1.00 bits per heavy atom. The van der Waals surface area contributed by atoms with E-state index < -0.39 is 5.82 Å². The lowest BCUT2D eigenvalue weighted by atomic mass is 10.1. The first-order valence-corrected chi connectivity index (χ1v) is 5.55. The molecule has 0 fully saturated rings. The van der Waals surface area contributed by atoms with Gasteiger partial charge in [0.05, 0.1) is 0 Å². The SMILES string of the molecule is NCc1cc(COc2ccccc2F)ccc1F. The standard InChI is InChI=1S/C14H13F2NO/c15-12-6-5-10(7-11(12)8-17)9-18-14-4-2-1-3-13(14)16/h1-7H,8-9,17H2. The molecule has 2 aromatic carbocycles. The van der Waals surface area contributed by atoms with Gasteiger partial charge >= 0.3 is 0 Å². The molecule has 0 aliphatic heterocycles. The molecule has 0 atom stereocenters. The van der Waals surface area contributed by atoms with Crippen LogP contribution in [0.5, 0.6) is 5.75 Å². The summed E-state index contributed by atoms with van der Waals surface area (Å²) in [5.74, 6) is -0.582. The van der Waals surface area contributed by atoms with Crippen molar-refractivity contribution in [2.75, 3.05) is 0 Å². The summed E-state index contributed by atoms with van der Waals surface area (Å²) in [5.41, 5.74) is 6.58. The highest BCUT2D eigenvalue weighted by atomic mass is 19.1. The molecular formula is C14H13F2NO. The van der Waals surface area contributed by atoms with E-state index in [4.69, 9.17) is 10.5 Å². The second kappa shape index (κ2) is 5.60. The maximum Gasteiger partial charge on any atom is 0.165 e. The van der Waals surface area contributed by atoms with E-state index in [0.29, 0.717) is 5.56 Å². The molecule has 2 aromatic rings. The molecule has 2 nitrogen and oxygen atoms in total. The van der Waals surface area contributed by atoms with E-state index in [1.165, 1.54) is 12.1 Å². The van der Waals surface area contributed by atoms with Gasteiger partial charge in [-0.3, -0.25) is 0 Å². The molecule has 0 aliphatic carbocycles. The highest BCUT2D eigenvalue weighted by molar-refractivity contribution is 5.27. The second-order valence-electron chi connectivity index (χ2n) is 3.85. The Bertz CT molecular complexity index is 543. The lowest BCUT2D eigenvalue weighted by molar-refractivity contribution is 0.290. The van der Waals surface area contributed by atoms with Crippen LogP contribution in [0.3, 0.4) is 0 Å². The lowest BCUT2D eigenvalue weighted by Crippen LogP contribution is -2.03. The molecule has 0 aliphatic rings. The van der Waals surface area contributed by atoms with Gasteiger partial charge in [-0.2, -0.15) is 0 Å². The van der Waals surface area contributed by atoms with E-state index in [2.05, 4.69) is 0 Å². The summed E-state index contributed by atoms with van der Waals surface area (Å²) in [6.07, 6.45) is 0. The van der Waals surface area contributed by atoms with E-state index in [-0.39, 0.29) is 24.7 Å². The summed E-state index contributed by atoms with van der Waals surface area (Å²) in [7, 11) is 0. The van der Waals surface area contributed by atoms with Gasteiger partial charge in [-0.1, -0.05) is 18.2 Å². The van der Waals surface area contributed by atoms with E-state index in [1.807, 2.05) is 0 Å². The third kappa shape index (κ3) is 2.84. The van der Waals surface area contributed by atoms with Gasteiger partial charge in [-0.15, -0.1) is 0 Å². The number of benzene rings is 2. The fraction of sp³-hybridized carbons (Fsp3) is 0.143. The summed E-state index contributed by atoms with van der Waals surface area (Å²) in [4.78, 5) is 0. The minimum absolute atomic E-state index is 0.124. The molecular weight excluding hydrogens is 236 g/mol. The fourth-order valence-electron chi connectivity index (χ4n) is 1.60. The highest BCUT2D eigenvalue weighted by Gasteiger charge is 2.05. The Morgan fingerprint density at radius 3 is 2.50 bits per heavy atom. The summed E-state index contributed by atoms with van der Waals surface area (Å²) >= 11 is 0. The van der Waals surface area contributed by atoms with E-state index in [9.17, 15) is 8.78 Å². The fourth-order valence-corrected chi connectivity index (χ4v) is 1.60. The molecule has 18 heavy (non-hydrogen) atoms. The number of hydrogen-bond donors (Lipinski definition) is 1. The Morgan fingerprint density at radius 2 is 1.78 bits per heavy atom. The van der Waals surface area contributed by atoms with Crippen LogP contribution in [0.25, 0.3) is 0 Å². The van der Waals surface area contributed by atoms with Gasteiger partial charge in [0.25, 0.3) is 0 Å². The zero-order valence-corrected chi connectivity index (χ0v) is 9.70. The highest BCUT2D eigenvalue weighted by Crippen LogP contribution is 2.18. The maximum atomic E-state index is 13.3. The van der Waals surface area contributed by atoms with Gasteiger partial charge in [0.1, 0.15) is 12.4 Å². The zero-order valence-electron chi connectivity index (χ0n) is 9.70. The first-order valence-electron chi connectivity index (χ1n) is 5.55. The van der Waals surface area contributed by atoms with Crippen molar-refractivity contribution in [3.05, 3.63) is 65.2 Å². The molecule has 2 N–H and O–H groups in total. The molecule has 0 amide bonds. The number of nitrogens with two attached hydrogens (primary N) is 1. The van der Waals surface area contributed by atoms with Crippen LogP contribution < -0.4 is 10.5 Å². The predicted octanol–water partition coefficient (Wildman–Crippen LogP) is 3.00. The number of para-hydroxylation sites is 1. The first-order chi connectivity index (χ1) is 8.70. The van der Waals surface area contributed by atoms with Crippen LogP contribution >= 0.6 is 0 Å². The minimum Gasteiger partial charge on any atom is -0.486 e. The van der Waals surface area contributed by atoms with Gasteiger partial charge in [0.2, 0.25) is 0 Å². The van der Waals surface area contributed by atoms with Crippen molar-refractivity contribution in [2.45, 2.75) is 13.2 Å². The number of halogens is 2. The van der Waals surface area contributed by atoms with Gasteiger partial charge in [-0.25, -0.2) is 8.78 Å². The van der Waals surface area contributed by atoms with Crippen molar-refractivity contribution >= 4 is 0 Å². The van der Waals surface area contributed by atoms with Gasteiger partial charge in [0.15, 0.2) is 11.6 Å². The molecule has 94 valence electrons. The van der Waals surface area contributed by atoms with Crippen LogP contribution in [-0.2, 0) is 13.2 Å². The van der Waals surface area contributed by atoms with Crippen molar-refractivity contribution in [2.24, 2.45) is 5.73 Å². The summed E-state index contributed by atoms with van der Waals surface area (Å²) in [6, 6.07) is 10.7. The molecule has 0 spiro atoms. The molecule has 0 unspecified atom stereocenters. The zero-order chi connectivity index (χ0) is 13.0. The summed E-state index contributed by atoms with van der Waals surface area (Å²) < 4.78 is 31.8. The molecule has 4 heteroatoms. The molecule has 0 radical (unpaired) electrons. The van der Waals surface area contributed by atoms with Crippen LogP contribution in [0.4, 0.5) is 8.78 Å². The van der Waals surface area contributed by atoms with Crippen molar-refractivity contribution in [1.82, 2.24) is 0 Å². The van der Waals surface area contributed by atoms with Crippen LogP contribution in [-0.4, -0.2) is 0 Å². The van der Waals surface area contributed by atoms with Crippen molar-refractivity contribution in [3.63, 3.8) is 0 Å². The van der Waals surface area contributed by atoms with Gasteiger partial charge < -0.3 is 10.5 Å². The third-order valence-corrected chi connectivity index (χ3v) is 2.56. The molecule has 2 rings (SSSR count). The Labute approximate surface area is 104 Å². The second-order valence-corrected chi connectivity index (χ2v) is 3.85. The third-order valence-electron chi connectivity index (χ3n) is 2.56. The van der Waals surface area contributed by atoms with Crippen LogP contribution in [0, 0.1) is 11.6 Å². The largest absolute Gasteiger partial charge is 0.486 e. The van der Waals surface area contributed by atoms with Crippen LogP contribution in [0.1, 0.15) is 11.1 Å². The van der Waals surface area contributed by atoms with E-state index >= 15 is 0 Å². The Balaban J connectivity index is 2.09. The summed E-state index contributed by atoms with van der Waals surface area (Å²) in [6.45, 7) is 0.299. The van der Waals surface area contributed by atoms with Crippen LogP contribution in [0.15, 0.2) is 42.5 Å². The van der Waals surface area contributed by atoms with E-state index in [1.54, 1.807) is 30.3 Å². The van der Waals surface area contributed by atoms with Crippen molar-refractivity contribution in [1.29, 1.82) is 0 Å². The first kappa shape index (κ1) is 12.5. The Hall–Kier alpha value is -1.94.